The van der Waals surface area contributed by atoms with Crippen LogP contribution in [0.5, 0.6) is 34.5 Å². The number of hydrogen-bond acceptors (Lipinski definition) is 7. The third-order valence-corrected chi connectivity index (χ3v) is 4.77. The molecular formula is C21H26O7. The van der Waals surface area contributed by atoms with Gasteiger partial charge in [-0.2, -0.15) is 0 Å². The third-order valence-electron chi connectivity index (χ3n) is 4.77. The van der Waals surface area contributed by atoms with Crippen LogP contribution in [0.2, 0.25) is 0 Å². The van der Waals surface area contributed by atoms with E-state index in [9.17, 15) is 5.11 Å². The van der Waals surface area contributed by atoms with Gasteiger partial charge in [0.15, 0.2) is 23.0 Å². The van der Waals surface area contributed by atoms with Gasteiger partial charge in [-0.25, -0.2) is 0 Å². The molecule has 0 saturated heterocycles. The lowest BCUT2D eigenvalue weighted by Crippen LogP contribution is -2.12. The lowest BCUT2D eigenvalue weighted by Gasteiger charge is -2.24. The average molecular weight is 390 g/mol. The zero-order valence-electron chi connectivity index (χ0n) is 16.8. The molecule has 2 aromatic rings. The van der Waals surface area contributed by atoms with E-state index in [2.05, 4.69) is 0 Å². The minimum atomic E-state index is -0.542. The van der Waals surface area contributed by atoms with Crippen molar-refractivity contribution >= 4 is 0 Å². The maximum absolute atomic E-state index is 10.2. The lowest BCUT2D eigenvalue weighted by molar-refractivity contribution is 0.173. The van der Waals surface area contributed by atoms with Gasteiger partial charge in [0.1, 0.15) is 5.75 Å². The molecule has 1 N–H and O–H groups in total. The number of aliphatic hydroxyl groups is 1. The molecule has 0 spiro atoms. The van der Waals surface area contributed by atoms with Gasteiger partial charge in [-0.05, 0) is 37.1 Å². The van der Waals surface area contributed by atoms with E-state index >= 15 is 0 Å². The van der Waals surface area contributed by atoms with Crippen LogP contribution in [0.1, 0.15) is 30.4 Å². The molecule has 0 aliphatic carbocycles. The molecular weight excluding hydrogens is 364 g/mol. The Balaban J connectivity index is 2.17. The Morgan fingerprint density at radius 1 is 0.857 bits per heavy atom. The van der Waals surface area contributed by atoms with E-state index in [1.807, 2.05) is 24.3 Å². The summed E-state index contributed by atoms with van der Waals surface area (Å²) in [5, 5.41) is 10.2. The first kappa shape index (κ1) is 19.9. The summed E-state index contributed by atoms with van der Waals surface area (Å²) in [6.45, 7) is 1.93. The van der Waals surface area contributed by atoms with Crippen LogP contribution in [0.4, 0.5) is 0 Å². The second kappa shape index (κ2) is 8.48. The maximum Gasteiger partial charge on any atom is 0.231 e. The first-order valence-corrected chi connectivity index (χ1v) is 8.97. The van der Waals surface area contributed by atoms with Gasteiger partial charge in [0, 0.05) is 17.5 Å². The molecule has 1 aliphatic heterocycles. The van der Waals surface area contributed by atoms with Gasteiger partial charge in [0.05, 0.1) is 34.5 Å². The summed E-state index contributed by atoms with van der Waals surface area (Å²) in [5.41, 5.74) is 1.77. The largest absolute Gasteiger partial charge is 0.496 e. The fourth-order valence-corrected chi connectivity index (χ4v) is 3.47. The second-order valence-electron chi connectivity index (χ2n) is 6.54. The van der Waals surface area contributed by atoms with E-state index in [-0.39, 0.29) is 12.7 Å². The number of fused-ring (bicyclic) bond motifs is 1. The molecule has 0 amide bonds. The molecule has 2 atom stereocenters. The Morgan fingerprint density at radius 3 is 1.93 bits per heavy atom. The zero-order chi connectivity index (χ0) is 20.3. The van der Waals surface area contributed by atoms with Crippen molar-refractivity contribution in [2.45, 2.75) is 25.4 Å². The molecule has 28 heavy (non-hydrogen) atoms. The Morgan fingerprint density at radius 2 is 1.43 bits per heavy atom. The molecule has 0 unspecified atom stereocenters. The van der Waals surface area contributed by atoms with Crippen LogP contribution >= 0.6 is 0 Å². The van der Waals surface area contributed by atoms with Gasteiger partial charge in [-0.15, -0.1) is 0 Å². The molecule has 7 nitrogen and oxygen atoms in total. The van der Waals surface area contributed by atoms with Crippen molar-refractivity contribution in [2.24, 2.45) is 0 Å². The van der Waals surface area contributed by atoms with Crippen molar-refractivity contribution < 1.29 is 33.5 Å². The highest BCUT2D eigenvalue weighted by Gasteiger charge is 2.27. The molecule has 152 valence electrons. The molecule has 0 bridgehead atoms. The van der Waals surface area contributed by atoms with Crippen LogP contribution < -0.4 is 28.4 Å². The summed E-state index contributed by atoms with van der Waals surface area (Å²) >= 11 is 0. The highest BCUT2D eigenvalue weighted by atomic mass is 16.7. The number of ether oxygens (including phenoxy) is 6. The van der Waals surface area contributed by atoms with Crippen LogP contribution in [0.25, 0.3) is 0 Å². The van der Waals surface area contributed by atoms with Gasteiger partial charge >= 0.3 is 0 Å². The predicted octanol–water partition coefficient (Wildman–Crippen LogP) is 3.35. The smallest absolute Gasteiger partial charge is 0.231 e. The fourth-order valence-electron chi connectivity index (χ4n) is 3.47. The SMILES string of the molecule is COc1cc2c(cc1[C@H](C[C@H](C)O)c1cc(OC)c(OC)c(OC)c1)OCO2. The highest BCUT2D eigenvalue weighted by Crippen LogP contribution is 2.47. The van der Waals surface area contributed by atoms with Crippen LogP contribution in [0.3, 0.4) is 0 Å². The van der Waals surface area contributed by atoms with E-state index in [0.29, 0.717) is 40.9 Å². The average Bonchev–Trinajstić information content (AvgIpc) is 3.17. The van der Waals surface area contributed by atoms with Crippen molar-refractivity contribution in [3.8, 4) is 34.5 Å². The quantitative estimate of drug-likeness (QED) is 0.741. The predicted molar refractivity (Wildman–Crippen MR) is 103 cm³/mol. The van der Waals surface area contributed by atoms with Crippen LogP contribution in [-0.4, -0.2) is 46.4 Å². The number of aliphatic hydroxyl groups excluding tert-OH is 1. The fraction of sp³-hybridized carbons (Fsp3) is 0.429. The number of methoxy groups -OCH3 is 4. The van der Waals surface area contributed by atoms with Crippen molar-refractivity contribution in [1.29, 1.82) is 0 Å². The molecule has 0 fully saturated rings. The molecule has 0 aromatic heterocycles. The molecule has 2 aromatic carbocycles. The standard InChI is InChI=1S/C21H26O7/c1-12(22)6-14(13-7-19(24-3)21(26-5)20(8-13)25-4)15-9-17-18(28-11-27-17)10-16(15)23-2/h7-10,12,14,22H,6,11H2,1-5H3/t12-,14+/m0/s1. The van der Waals surface area contributed by atoms with E-state index in [4.69, 9.17) is 28.4 Å². The van der Waals surface area contributed by atoms with Crippen molar-refractivity contribution in [1.82, 2.24) is 0 Å². The molecule has 0 saturated carbocycles. The minimum Gasteiger partial charge on any atom is -0.496 e. The normalized spacial score (nSPS) is 14.4. The molecule has 1 aliphatic rings. The van der Waals surface area contributed by atoms with E-state index < -0.39 is 6.10 Å². The molecule has 7 heteroatoms. The summed E-state index contributed by atoms with van der Waals surface area (Å²) < 4.78 is 33.0. The highest BCUT2D eigenvalue weighted by molar-refractivity contribution is 5.59. The summed E-state index contributed by atoms with van der Waals surface area (Å²) in [5.74, 6) is 3.36. The Kier molecular flexibility index (Phi) is 6.04. The van der Waals surface area contributed by atoms with Gasteiger partial charge < -0.3 is 33.5 Å². The van der Waals surface area contributed by atoms with E-state index in [0.717, 1.165) is 11.1 Å². The number of benzene rings is 2. The Hall–Kier alpha value is -2.80. The van der Waals surface area contributed by atoms with Crippen LogP contribution in [0, 0.1) is 0 Å². The Labute approximate surface area is 164 Å². The summed E-state index contributed by atoms with van der Waals surface area (Å²) in [7, 11) is 6.32. The monoisotopic (exact) mass is 390 g/mol. The molecule has 3 rings (SSSR count). The van der Waals surface area contributed by atoms with Crippen molar-refractivity contribution in [2.75, 3.05) is 35.2 Å². The van der Waals surface area contributed by atoms with Crippen LogP contribution in [0.15, 0.2) is 24.3 Å². The second-order valence-corrected chi connectivity index (χ2v) is 6.54. The van der Waals surface area contributed by atoms with E-state index in [1.165, 1.54) is 0 Å². The lowest BCUT2D eigenvalue weighted by atomic mass is 9.85. The Bertz CT molecular complexity index is 807. The zero-order valence-corrected chi connectivity index (χ0v) is 16.8. The van der Waals surface area contributed by atoms with Gasteiger partial charge in [-0.3, -0.25) is 0 Å². The molecule has 0 radical (unpaired) electrons. The summed E-state index contributed by atoms with van der Waals surface area (Å²) in [6, 6.07) is 7.49. The van der Waals surface area contributed by atoms with Crippen LogP contribution in [-0.2, 0) is 0 Å². The third kappa shape index (κ3) is 3.75. The van der Waals surface area contributed by atoms with Gasteiger partial charge in [0.25, 0.3) is 0 Å². The number of rotatable bonds is 8. The maximum atomic E-state index is 10.2. The number of hydrogen-bond donors (Lipinski definition) is 1. The molecule has 1 heterocycles. The summed E-state index contributed by atoms with van der Waals surface area (Å²) in [4.78, 5) is 0. The topological polar surface area (TPSA) is 75.6 Å². The van der Waals surface area contributed by atoms with Gasteiger partial charge in [-0.1, -0.05) is 0 Å². The van der Waals surface area contributed by atoms with Crippen molar-refractivity contribution in [3.63, 3.8) is 0 Å². The minimum absolute atomic E-state index is 0.174. The first-order valence-electron chi connectivity index (χ1n) is 8.97. The summed E-state index contributed by atoms with van der Waals surface area (Å²) in [6.07, 6.45) is -0.0755. The van der Waals surface area contributed by atoms with E-state index in [1.54, 1.807) is 35.4 Å². The van der Waals surface area contributed by atoms with Crippen molar-refractivity contribution in [3.05, 3.63) is 35.4 Å². The van der Waals surface area contributed by atoms with Gasteiger partial charge in [0.2, 0.25) is 12.5 Å². The first-order chi connectivity index (χ1) is 13.5.